The van der Waals surface area contributed by atoms with Crippen LogP contribution in [0.3, 0.4) is 0 Å². The van der Waals surface area contributed by atoms with E-state index in [0.29, 0.717) is 22.1 Å². The predicted octanol–water partition coefficient (Wildman–Crippen LogP) is 14.1. The zero-order valence-corrected chi connectivity index (χ0v) is 27.0. The van der Waals surface area contributed by atoms with Gasteiger partial charge in [-0.05, 0) is 90.9 Å². The van der Waals surface area contributed by atoms with Crippen molar-refractivity contribution in [2.45, 2.75) is 0 Å². The molecule has 0 spiro atoms. The summed E-state index contributed by atoms with van der Waals surface area (Å²) in [5.41, 5.74) is 1.46. The second kappa shape index (κ2) is 13.3. The lowest BCUT2D eigenvalue weighted by Gasteiger charge is -2.27. The van der Waals surface area contributed by atoms with Crippen LogP contribution in [-0.2, 0) is 0 Å². The van der Waals surface area contributed by atoms with E-state index in [-0.39, 0.29) is 11.1 Å². The largest absolute Gasteiger partial charge is 0.310 e. The van der Waals surface area contributed by atoms with Crippen LogP contribution >= 0.6 is 0 Å². The number of nitrogens with zero attached hydrogens (tertiary/aromatic N) is 1. The van der Waals surface area contributed by atoms with Gasteiger partial charge in [-0.1, -0.05) is 182 Å². The van der Waals surface area contributed by atoms with E-state index in [1.807, 2.05) is 84.9 Å². The topological polar surface area (TPSA) is 3.24 Å². The maximum Gasteiger partial charge on any atom is 0.0645 e. The molecule has 0 saturated heterocycles. The second-order valence-corrected chi connectivity index (χ2v) is 11.8. The monoisotopic (exact) mass is 664 g/mol. The van der Waals surface area contributed by atoms with Gasteiger partial charge in [0.2, 0.25) is 0 Å². The van der Waals surface area contributed by atoms with Crippen LogP contribution in [0.1, 0.15) is 20.6 Å². The van der Waals surface area contributed by atoms with E-state index in [2.05, 4.69) is 0 Å². The first-order chi connectivity index (χ1) is 31.6. The van der Waals surface area contributed by atoms with E-state index in [1.54, 1.807) is 36.4 Å². The summed E-state index contributed by atoms with van der Waals surface area (Å²) in [6.45, 7) is 0. The summed E-state index contributed by atoms with van der Waals surface area (Å²) < 4.78 is 139. The summed E-state index contributed by atoms with van der Waals surface area (Å²) in [6.07, 6.45) is 0. The molecule has 0 aromatic heterocycles. The maximum absolute atomic E-state index is 9.75. The molecule has 0 amide bonds. The molecule has 0 heterocycles. The molecule has 0 fully saturated rings. The van der Waals surface area contributed by atoms with Gasteiger partial charge in [-0.3, -0.25) is 0 Å². The molecule has 0 aliphatic rings. The van der Waals surface area contributed by atoms with Gasteiger partial charge < -0.3 is 4.90 Å². The van der Waals surface area contributed by atoms with Crippen molar-refractivity contribution in [2.24, 2.45) is 0 Å². The fraction of sp³-hybridized carbons (Fsp3) is 0. The van der Waals surface area contributed by atoms with Gasteiger partial charge in [0.1, 0.15) is 0 Å². The van der Waals surface area contributed by atoms with E-state index in [9.17, 15) is 12.3 Å². The van der Waals surface area contributed by atoms with Crippen molar-refractivity contribution in [2.75, 3.05) is 4.90 Å². The van der Waals surface area contributed by atoms with Crippen LogP contribution in [-0.4, -0.2) is 0 Å². The van der Waals surface area contributed by atoms with E-state index < -0.39 is 118 Å². The van der Waals surface area contributed by atoms with Crippen LogP contribution in [0.15, 0.2) is 212 Å². The SMILES string of the molecule is [2H]c1c([2H])c(N(c2c([2H])c([2H])c(-c3c(-c4ccccc4)ccc4ccccc34)c([2H])c2[2H])c2c([2H])c([2H])c([2H])c3c([2H])c([2H])c([2H])c([2H])c23)c([2H])c([2H])c1-c1ccc(-c2ccccc2)cc1. The van der Waals surface area contributed by atoms with Crippen molar-refractivity contribution in [1.29, 1.82) is 0 Å². The molecule has 0 saturated carbocycles. The minimum absolute atomic E-state index is 0.112. The first kappa shape index (κ1) is 18.3. The Morgan fingerprint density at radius 1 is 0.333 bits per heavy atom. The van der Waals surface area contributed by atoms with E-state index in [0.717, 1.165) is 27.0 Å². The quantitative estimate of drug-likeness (QED) is 0.164. The highest BCUT2D eigenvalue weighted by atomic mass is 15.1. The third kappa shape index (κ3) is 5.86. The standard InChI is InChI=1S/C50H35N/c1-3-12-36(13-4-1)37-22-24-38(25-23-37)39-26-31-44(32-27-39)51(49-21-11-18-40-16-7-9-19-46(40)49)45-33-28-43(29-34-45)50-47-20-10-8-17-42(47)30-35-48(50)41-14-5-2-6-15-41/h1-35H/i7D,9D,11D,16D,18D,19D,21D,26D,27D,28D,29D,31D,32D,33D,34D. The zero-order chi connectivity index (χ0) is 47.0. The fourth-order valence-corrected chi connectivity index (χ4v) is 6.27. The Kier molecular flexibility index (Phi) is 4.79. The molecule has 1 nitrogen and oxygen atoms in total. The number of benzene rings is 9. The van der Waals surface area contributed by atoms with E-state index >= 15 is 0 Å². The Morgan fingerprint density at radius 3 is 1.59 bits per heavy atom. The summed E-state index contributed by atoms with van der Waals surface area (Å²) in [6, 6.07) is 25.6. The van der Waals surface area contributed by atoms with Crippen molar-refractivity contribution in [3.8, 4) is 44.5 Å². The number of hydrogen-bond acceptors (Lipinski definition) is 1. The molecule has 9 aromatic carbocycles. The molecule has 9 aromatic rings. The molecule has 51 heavy (non-hydrogen) atoms. The lowest BCUT2D eigenvalue weighted by Crippen LogP contribution is -2.10. The fourth-order valence-electron chi connectivity index (χ4n) is 6.27. The Balaban J connectivity index is 1.40. The van der Waals surface area contributed by atoms with Gasteiger partial charge >= 0.3 is 0 Å². The Hall–Kier alpha value is -6.70. The maximum atomic E-state index is 9.75. The van der Waals surface area contributed by atoms with Gasteiger partial charge in [0.05, 0.1) is 26.2 Å². The third-order valence-electron chi connectivity index (χ3n) is 8.73. The zero-order valence-electron chi connectivity index (χ0n) is 42.0. The smallest absolute Gasteiger partial charge is 0.0645 e. The Morgan fingerprint density at radius 2 is 0.882 bits per heavy atom. The molecule has 0 aliphatic carbocycles. The van der Waals surface area contributed by atoms with Gasteiger partial charge in [0.15, 0.2) is 0 Å². The first-order valence-electron chi connectivity index (χ1n) is 23.8. The molecule has 0 bridgehead atoms. The van der Waals surface area contributed by atoms with Crippen molar-refractivity contribution in [1.82, 2.24) is 0 Å². The van der Waals surface area contributed by atoms with Gasteiger partial charge in [-0.25, -0.2) is 0 Å². The number of rotatable bonds is 7. The number of hydrogen-bond donors (Lipinski definition) is 0. The van der Waals surface area contributed by atoms with Crippen LogP contribution in [0.4, 0.5) is 17.1 Å². The summed E-state index contributed by atoms with van der Waals surface area (Å²) >= 11 is 0. The van der Waals surface area contributed by atoms with Gasteiger partial charge in [0.25, 0.3) is 0 Å². The molecule has 9 rings (SSSR count). The second-order valence-electron chi connectivity index (χ2n) is 11.8. The summed E-state index contributed by atoms with van der Waals surface area (Å²) in [4.78, 5) is 0.775. The predicted molar refractivity (Wildman–Crippen MR) is 218 cm³/mol. The summed E-state index contributed by atoms with van der Waals surface area (Å²) in [7, 11) is 0. The molecule has 0 unspecified atom stereocenters. The summed E-state index contributed by atoms with van der Waals surface area (Å²) in [5.74, 6) is 0. The average Bonchev–Trinajstić information content (AvgIpc) is 3.33. The highest BCUT2D eigenvalue weighted by Gasteiger charge is 2.17. The Bertz CT molecular complexity index is 3400. The van der Waals surface area contributed by atoms with Crippen LogP contribution in [0.5, 0.6) is 0 Å². The molecular weight excluding hydrogens is 615 g/mol. The number of fused-ring (bicyclic) bond motifs is 2. The molecule has 240 valence electrons. The lowest BCUT2D eigenvalue weighted by molar-refractivity contribution is 1.30. The normalized spacial score (nSPS) is 15.3. The summed E-state index contributed by atoms with van der Waals surface area (Å²) in [5, 5.41) is 0.302. The van der Waals surface area contributed by atoms with Crippen LogP contribution in [0, 0.1) is 0 Å². The van der Waals surface area contributed by atoms with Crippen molar-refractivity contribution < 1.29 is 20.6 Å². The van der Waals surface area contributed by atoms with Gasteiger partial charge in [-0.15, -0.1) is 0 Å². The van der Waals surface area contributed by atoms with Crippen molar-refractivity contribution >= 4 is 38.6 Å². The minimum Gasteiger partial charge on any atom is -0.310 e. The Labute approximate surface area is 320 Å². The number of anilines is 3. The molecule has 0 radical (unpaired) electrons. The van der Waals surface area contributed by atoms with Crippen molar-refractivity contribution in [3.63, 3.8) is 0 Å². The third-order valence-corrected chi connectivity index (χ3v) is 8.73. The van der Waals surface area contributed by atoms with Crippen LogP contribution < -0.4 is 4.90 Å². The lowest BCUT2D eigenvalue weighted by atomic mass is 9.89. The minimum atomic E-state index is -0.865. The highest BCUT2D eigenvalue weighted by molar-refractivity contribution is 6.05. The van der Waals surface area contributed by atoms with Crippen LogP contribution in [0.25, 0.3) is 66.1 Å². The highest BCUT2D eigenvalue weighted by Crippen LogP contribution is 2.42. The molecule has 1 heteroatoms. The first-order valence-corrected chi connectivity index (χ1v) is 16.3. The van der Waals surface area contributed by atoms with E-state index in [4.69, 9.17) is 8.22 Å². The van der Waals surface area contributed by atoms with Gasteiger partial charge in [-0.2, -0.15) is 0 Å². The van der Waals surface area contributed by atoms with Crippen LogP contribution in [0.2, 0.25) is 0 Å². The van der Waals surface area contributed by atoms with E-state index in [1.165, 1.54) is 0 Å². The molecule has 0 aliphatic heterocycles. The average molecular weight is 665 g/mol. The van der Waals surface area contributed by atoms with Gasteiger partial charge in [0, 0.05) is 16.8 Å². The molecule has 0 N–H and O–H groups in total. The van der Waals surface area contributed by atoms with Crippen molar-refractivity contribution in [3.05, 3.63) is 212 Å². The molecular formula is C50H35N. The molecule has 0 atom stereocenters.